The highest BCUT2D eigenvalue weighted by molar-refractivity contribution is 5.70. The molecule has 2 aromatic carbocycles. The SMILES string of the molecule is NC(N)=[N+]1C[C@H](O)C[C@H]1c1nc(-c2ccc(OCCCc3ccc4c(c3)OCCO4)c(C(F)(F)F)c2)no1. The van der Waals surface area contributed by atoms with Crippen LogP contribution in [0.2, 0.25) is 0 Å². The number of nitrogens with two attached hydrogens (primary N) is 2. The molecule has 3 heterocycles. The van der Waals surface area contributed by atoms with Crippen molar-refractivity contribution < 1.29 is 41.6 Å². The number of fused-ring (bicyclic) bond motifs is 1. The van der Waals surface area contributed by atoms with Gasteiger partial charge in [-0.15, -0.1) is 0 Å². The van der Waals surface area contributed by atoms with E-state index in [1.807, 2.05) is 18.2 Å². The summed E-state index contributed by atoms with van der Waals surface area (Å²) < 4.78 is 65.0. The number of alkyl halides is 3. The van der Waals surface area contributed by atoms with E-state index < -0.39 is 23.9 Å². The molecule has 3 aromatic rings. The minimum atomic E-state index is -4.66. The molecule has 10 nitrogen and oxygen atoms in total. The van der Waals surface area contributed by atoms with Crippen LogP contribution in [-0.2, 0) is 12.6 Å². The molecule has 0 spiro atoms. The van der Waals surface area contributed by atoms with Crippen molar-refractivity contribution in [3.8, 4) is 28.6 Å². The zero-order valence-electron chi connectivity index (χ0n) is 20.3. The van der Waals surface area contributed by atoms with E-state index in [1.54, 1.807) is 0 Å². The van der Waals surface area contributed by atoms with Gasteiger partial charge in [0.25, 0.3) is 5.89 Å². The lowest BCUT2D eigenvalue weighted by atomic mass is 10.1. The number of aliphatic hydroxyl groups is 1. The molecule has 202 valence electrons. The molecule has 0 unspecified atom stereocenters. The van der Waals surface area contributed by atoms with Crippen LogP contribution in [0.15, 0.2) is 40.9 Å². The zero-order chi connectivity index (χ0) is 26.9. The first-order valence-corrected chi connectivity index (χ1v) is 12.1. The first-order chi connectivity index (χ1) is 18.2. The van der Waals surface area contributed by atoms with Gasteiger partial charge in [0.05, 0.1) is 24.8 Å². The lowest BCUT2D eigenvalue weighted by molar-refractivity contribution is -0.557. The van der Waals surface area contributed by atoms with Crippen LogP contribution in [0.4, 0.5) is 13.2 Å². The predicted molar refractivity (Wildman–Crippen MR) is 128 cm³/mol. The number of ether oxygens (including phenoxy) is 3. The highest BCUT2D eigenvalue weighted by atomic mass is 19.4. The molecule has 1 fully saturated rings. The van der Waals surface area contributed by atoms with Crippen LogP contribution in [0, 0.1) is 0 Å². The van der Waals surface area contributed by atoms with Gasteiger partial charge in [-0.1, -0.05) is 11.2 Å². The Labute approximate surface area is 215 Å². The molecule has 0 aliphatic carbocycles. The molecule has 13 heteroatoms. The molecular weight excluding hydrogens is 507 g/mol. The second-order valence-electron chi connectivity index (χ2n) is 9.08. The second-order valence-corrected chi connectivity index (χ2v) is 9.08. The van der Waals surface area contributed by atoms with Crippen LogP contribution in [0.5, 0.6) is 17.2 Å². The molecule has 0 amide bonds. The van der Waals surface area contributed by atoms with Gasteiger partial charge in [-0.3, -0.25) is 16.0 Å². The Morgan fingerprint density at radius 2 is 1.89 bits per heavy atom. The number of rotatable bonds is 7. The first-order valence-electron chi connectivity index (χ1n) is 12.1. The molecular formula is C25H27F3N5O5+. The van der Waals surface area contributed by atoms with Gasteiger partial charge in [0.2, 0.25) is 5.82 Å². The number of benzene rings is 2. The molecule has 5 rings (SSSR count). The molecule has 0 radical (unpaired) electrons. The second kappa shape index (κ2) is 10.4. The number of aromatic nitrogens is 2. The molecule has 2 atom stereocenters. The van der Waals surface area contributed by atoms with Crippen molar-refractivity contribution in [3.05, 3.63) is 53.4 Å². The molecule has 1 saturated heterocycles. The average molecular weight is 535 g/mol. The summed E-state index contributed by atoms with van der Waals surface area (Å²) in [7, 11) is 0. The summed E-state index contributed by atoms with van der Waals surface area (Å²) in [4.78, 5) is 4.24. The predicted octanol–water partition coefficient (Wildman–Crippen LogP) is 2.63. The standard InChI is InChI=1S/C25H26F3N5O5/c26-25(27,28)17-11-15(22-31-23(38-32-22)18-12-16(34)13-33(18)24(29)30)4-6-19(17)35-7-1-2-14-3-5-20-21(10-14)37-9-8-36-20/h3-6,10-11,16,18,34H,1-2,7-9,12-13H2,(H3,29,30)/p+1/t16-,18+/m1/s1. The van der Waals surface area contributed by atoms with E-state index in [-0.39, 0.29) is 48.6 Å². The smallest absolute Gasteiger partial charge is 0.419 e. The topological polar surface area (TPSA) is 142 Å². The minimum absolute atomic E-state index is 0.0267. The van der Waals surface area contributed by atoms with E-state index in [1.165, 1.54) is 16.7 Å². The first kappa shape index (κ1) is 25.6. The summed E-state index contributed by atoms with van der Waals surface area (Å²) in [6.45, 7) is 1.24. The summed E-state index contributed by atoms with van der Waals surface area (Å²) in [6.07, 6.45) is -4.03. The molecule has 1 aromatic heterocycles. The van der Waals surface area contributed by atoms with Crippen molar-refractivity contribution >= 4 is 5.96 Å². The molecule has 5 N–H and O–H groups in total. The van der Waals surface area contributed by atoms with Crippen LogP contribution in [0.3, 0.4) is 0 Å². The number of guanidine groups is 1. The van der Waals surface area contributed by atoms with Gasteiger partial charge in [0, 0.05) is 12.0 Å². The Hall–Kier alpha value is -4.00. The van der Waals surface area contributed by atoms with Crippen molar-refractivity contribution in [3.63, 3.8) is 0 Å². The van der Waals surface area contributed by atoms with E-state index in [0.29, 0.717) is 37.6 Å². The Bertz CT molecular complexity index is 1340. The van der Waals surface area contributed by atoms with E-state index in [0.717, 1.165) is 11.6 Å². The van der Waals surface area contributed by atoms with Gasteiger partial charge < -0.3 is 23.8 Å². The summed E-state index contributed by atoms with van der Waals surface area (Å²) in [6, 6.07) is 8.62. The fourth-order valence-electron chi connectivity index (χ4n) is 4.54. The fourth-order valence-corrected chi connectivity index (χ4v) is 4.54. The largest absolute Gasteiger partial charge is 0.493 e. The average Bonchev–Trinajstić information content (AvgIpc) is 3.53. The third-order valence-electron chi connectivity index (χ3n) is 6.35. The molecule has 0 saturated carbocycles. The van der Waals surface area contributed by atoms with Crippen LogP contribution < -0.4 is 25.7 Å². The number of halogens is 3. The van der Waals surface area contributed by atoms with Crippen LogP contribution in [0.25, 0.3) is 11.4 Å². The number of nitrogens with zero attached hydrogens (tertiary/aromatic N) is 3. The van der Waals surface area contributed by atoms with E-state index in [9.17, 15) is 18.3 Å². The lowest BCUT2D eigenvalue weighted by Gasteiger charge is -2.19. The Kier molecular flexibility index (Phi) is 7.02. The number of aliphatic hydroxyl groups excluding tert-OH is 1. The van der Waals surface area contributed by atoms with Crippen molar-refractivity contribution in [2.45, 2.75) is 37.6 Å². The summed E-state index contributed by atoms with van der Waals surface area (Å²) in [5.74, 6) is 1.09. The maximum Gasteiger partial charge on any atom is 0.419 e. The Morgan fingerprint density at radius 3 is 2.66 bits per heavy atom. The Morgan fingerprint density at radius 1 is 1.11 bits per heavy atom. The minimum Gasteiger partial charge on any atom is -0.493 e. The van der Waals surface area contributed by atoms with Crippen molar-refractivity contribution in [1.82, 2.24) is 10.1 Å². The molecule has 2 aliphatic heterocycles. The third-order valence-corrected chi connectivity index (χ3v) is 6.35. The van der Waals surface area contributed by atoms with Crippen LogP contribution >= 0.6 is 0 Å². The summed E-state index contributed by atoms with van der Waals surface area (Å²) >= 11 is 0. The maximum atomic E-state index is 13.9. The van der Waals surface area contributed by atoms with Gasteiger partial charge in [-0.25, -0.2) is 0 Å². The van der Waals surface area contributed by atoms with Crippen molar-refractivity contribution in [1.29, 1.82) is 0 Å². The quantitative estimate of drug-likeness (QED) is 0.237. The number of β-amino-alcohol motifs (C(OH)–C–C–N with tert-alkyl or cyclic N) is 1. The maximum absolute atomic E-state index is 13.9. The summed E-state index contributed by atoms with van der Waals surface area (Å²) in [5.41, 5.74) is 11.5. The number of hydrogen-bond donors (Lipinski definition) is 3. The van der Waals surface area contributed by atoms with Gasteiger partial charge in [0.1, 0.15) is 19.0 Å². The normalized spacial score (nSPS) is 19.0. The van der Waals surface area contributed by atoms with E-state index >= 15 is 0 Å². The Balaban J connectivity index is 1.27. The summed E-state index contributed by atoms with van der Waals surface area (Å²) in [5, 5.41) is 13.8. The van der Waals surface area contributed by atoms with Crippen LogP contribution in [0.1, 0.15) is 35.9 Å². The van der Waals surface area contributed by atoms with Gasteiger partial charge in [-0.2, -0.15) is 18.2 Å². The molecule has 2 aliphatic rings. The number of aryl methyl sites for hydroxylation is 1. The van der Waals surface area contributed by atoms with Crippen molar-refractivity contribution in [2.24, 2.45) is 11.5 Å². The monoisotopic (exact) mass is 534 g/mol. The zero-order valence-corrected chi connectivity index (χ0v) is 20.3. The third kappa shape index (κ3) is 5.47. The lowest BCUT2D eigenvalue weighted by Crippen LogP contribution is -2.36. The van der Waals surface area contributed by atoms with Crippen LogP contribution in [-0.4, -0.2) is 58.3 Å². The van der Waals surface area contributed by atoms with Gasteiger partial charge in [0.15, 0.2) is 17.5 Å². The molecule has 38 heavy (non-hydrogen) atoms. The van der Waals surface area contributed by atoms with E-state index in [2.05, 4.69) is 10.1 Å². The highest BCUT2D eigenvalue weighted by Gasteiger charge is 2.38. The number of hydrogen-bond acceptors (Lipinski definition) is 7. The van der Waals surface area contributed by atoms with Gasteiger partial charge >= 0.3 is 12.1 Å². The van der Waals surface area contributed by atoms with E-state index in [4.69, 9.17) is 30.2 Å². The van der Waals surface area contributed by atoms with Gasteiger partial charge in [-0.05, 0) is 48.7 Å². The fraction of sp³-hybridized carbons (Fsp3) is 0.400. The van der Waals surface area contributed by atoms with Crippen molar-refractivity contribution in [2.75, 3.05) is 26.4 Å². The molecule has 0 bridgehead atoms. The highest BCUT2D eigenvalue weighted by Crippen LogP contribution is 2.39.